The van der Waals surface area contributed by atoms with Gasteiger partial charge in [0, 0.05) is 18.7 Å². The van der Waals surface area contributed by atoms with E-state index in [1.54, 1.807) is 22.8 Å². The summed E-state index contributed by atoms with van der Waals surface area (Å²) in [6.45, 7) is 1.88. The number of carbonyl (C=O) groups excluding carboxylic acids is 1. The zero-order valence-electron chi connectivity index (χ0n) is 10.1. The lowest BCUT2D eigenvalue weighted by molar-refractivity contribution is 0.0602. The van der Waals surface area contributed by atoms with Crippen molar-refractivity contribution in [3.8, 4) is 0 Å². The molecule has 2 aromatic rings. The molecule has 0 aliphatic carbocycles. The van der Waals surface area contributed by atoms with Gasteiger partial charge in [-0.3, -0.25) is 0 Å². The van der Waals surface area contributed by atoms with Crippen molar-refractivity contribution in [2.24, 2.45) is 0 Å². The molecule has 18 heavy (non-hydrogen) atoms. The molecule has 94 valence electrons. The third-order valence-electron chi connectivity index (χ3n) is 3.21. The fourth-order valence-corrected chi connectivity index (χ4v) is 2.24. The Balaban J connectivity index is 2.08. The van der Waals surface area contributed by atoms with Gasteiger partial charge in [-0.25, -0.2) is 14.3 Å². The predicted molar refractivity (Wildman–Crippen MR) is 64.6 cm³/mol. The van der Waals surface area contributed by atoms with Crippen LogP contribution in [0.5, 0.6) is 0 Å². The van der Waals surface area contributed by atoms with Gasteiger partial charge in [-0.05, 0) is 25.1 Å². The molecule has 3 rings (SSSR count). The number of aromatic nitrogens is 3. The first-order valence-electron chi connectivity index (χ1n) is 5.94. The van der Waals surface area contributed by atoms with Crippen LogP contribution in [0.3, 0.4) is 0 Å². The maximum atomic E-state index is 11.6. The normalized spacial score (nSPS) is 19.3. The summed E-state index contributed by atoms with van der Waals surface area (Å²) in [4.78, 5) is 16.1. The zero-order chi connectivity index (χ0) is 12.5. The average Bonchev–Trinajstić information content (AvgIpc) is 3.04. The van der Waals surface area contributed by atoms with Crippen LogP contribution in [0.15, 0.2) is 18.3 Å². The van der Waals surface area contributed by atoms with Crippen molar-refractivity contribution >= 4 is 11.6 Å². The molecule has 6 heteroatoms. The number of fused-ring (bicyclic) bond motifs is 1. The average molecular weight is 246 g/mol. The van der Waals surface area contributed by atoms with Gasteiger partial charge >= 0.3 is 5.97 Å². The van der Waals surface area contributed by atoms with Crippen molar-refractivity contribution in [2.45, 2.75) is 12.3 Å². The van der Waals surface area contributed by atoms with Gasteiger partial charge in [-0.2, -0.15) is 5.10 Å². The van der Waals surface area contributed by atoms with Crippen molar-refractivity contribution in [2.75, 3.05) is 20.2 Å². The van der Waals surface area contributed by atoms with Crippen LogP contribution in [0.25, 0.3) is 5.65 Å². The molecule has 1 fully saturated rings. The first-order valence-corrected chi connectivity index (χ1v) is 5.94. The number of ether oxygens (including phenoxy) is 1. The fourth-order valence-electron chi connectivity index (χ4n) is 2.24. The Bertz CT molecular complexity index is 587. The third-order valence-corrected chi connectivity index (χ3v) is 3.21. The van der Waals surface area contributed by atoms with Crippen LogP contribution >= 0.6 is 0 Å². The SMILES string of the molecule is COC(=O)c1cccn2nc(C3CCNC3)nc12. The number of carbonyl (C=O) groups is 1. The summed E-state index contributed by atoms with van der Waals surface area (Å²) in [5, 5.41) is 7.71. The molecule has 2 aromatic heterocycles. The van der Waals surface area contributed by atoms with Gasteiger partial charge in [0.05, 0.1) is 7.11 Å². The van der Waals surface area contributed by atoms with Gasteiger partial charge < -0.3 is 10.1 Å². The number of pyridine rings is 1. The molecule has 0 spiro atoms. The van der Waals surface area contributed by atoms with Crippen LogP contribution in [0.4, 0.5) is 0 Å². The van der Waals surface area contributed by atoms with E-state index in [0.29, 0.717) is 17.1 Å². The maximum Gasteiger partial charge on any atom is 0.341 e. The summed E-state index contributed by atoms with van der Waals surface area (Å²) in [6, 6.07) is 3.47. The zero-order valence-corrected chi connectivity index (χ0v) is 10.1. The van der Waals surface area contributed by atoms with Gasteiger partial charge in [-0.15, -0.1) is 0 Å². The number of methoxy groups -OCH3 is 1. The van der Waals surface area contributed by atoms with Crippen molar-refractivity contribution in [1.82, 2.24) is 19.9 Å². The molecule has 1 unspecified atom stereocenters. The van der Waals surface area contributed by atoms with E-state index in [1.165, 1.54) is 7.11 Å². The maximum absolute atomic E-state index is 11.6. The molecule has 1 aliphatic heterocycles. The highest BCUT2D eigenvalue weighted by molar-refractivity contribution is 5.95. The quantitative estimate of drug-likeness (QED) is 0.785. The molecular formula is C12H14N4O2. The summed E-state index contributed by atoms with van der Waals surface area (Å²) < 4.78 is 6.39. The van der Waals surface area contributed by atoms with E-state index in [-0.39, 0.29) is 5.97 Å². The minimum atomic E-state index is -0.385. The second-order valence-electron chi connectivity index (χ2n) is 4.34. The fraction of sp³-hybridized carbons (Fsp3) is 0.417. The molecule has 6 nitrogen and oxygen atoms in total. The van der Waals surface area contributed by atoms with Crippen molar-refractivity contribution in [3.63, 3.8) is 0 Å². The Morgan fingerprint density at radius 2 is 2.50 bits per heavy atom. The molecular weight excluding hydrogens is 232 g/mol. The Morgan fingerprint density at radius 1 is 1.61 bits per heavy atom. The molecule has 3 heterocycles. The lowest BCUT2D eigenvalue weighted by atomic mass is 10.1. The van der Waals surface area contributed by atoms with Gasteiger partial charge in [0.1, 0.15) is 5.56 Å². The van der Waals surface area contributed by atoms with Crippen LogP contribution in [-0.2, 0) is 4.74 Å². The molecule has 1 saturated heterocycles. The highest BCUT2D eigenvalue weighted by Gasteiger charge is 2.22. The number of esters is 1. The summed E-state index contributed by atoms with van der Waals surface area (Å²) in [6.07, 6.45) is 2.82. The topological polar surface area (TPSA) is 68.5 Å². The van der Waals surface area contributed by atoms with E-state index in [2.05, 4.69) is 15.4 Å². The van der Waals surface area contributed by atoms with Crippen LogP contribution in [0.1, 0.15) is 28.5 Å². The molecule has 0 aromatic carbocycles. The number of rotatable bonds is 2. The van der Waals surface area contributed by atoms with Crippen LogP contribution in [0.2, 0.25) is 0 Å². The lowest BCUT2D eigenvalue weighted by Gasteiger charge is -1.99. The number of hydrogen-bond acceptors (Lipinski definition) is 5. The van der Waals surface area contributed by atoms with Crippen LogP contribution in [0, 0.1) is 0 Å². The molecule has 0 saturated carbocycles. The Hall–Kier alpha value is -1.95. The van der Waals surface area contributed by atoms with Crippen molar-refractivity contribution < 1.29 is 9.53 Å². The van der Waals surface area contributed by atoms with E-state index in [1.807, 2.05) is 0 Å². The number of hydrogen-bond donors (Lipinski definition) is 1. The highest BCUT2D eigenvalue weighted by Crippen LogP contribution is 2.20. The standard InChI is InChI=1S/C12H14N4O2/c1-18-12(17)9-3-2-6-16-11(9)14-10(15-16)8-4-5-13-7-8/h2-3,6,8,13H,4-5,7H2,1H3. The van der Waals surface area contributed by atoms with Crippen LogP contribution < -0.4 is 5.32 Å². The summed E-state index contributed by atoms with van der Waals surface area (Å²) in [5.41, 5.74) is 1.01. The van der Waals surface area contributed by atoms with Crippen molar-refractivity contribution in [3.05, 3.63) is 29.7 Å². The predicted octanol–water partition coefficient (Wildman–Crippen LogP) is 0.593. The van der Waals surface area contributed by atoms with Crippen LogP contribution in [-0.4, -0.2) is 40.8 Å². The van der Waals surface area contributed by atoms with Gasteiger partial charge in [0.15, 0.2) is 11.5 Å². The number of nitrogens with one attached hydrogen (secondary N) is 1. The second-order valence-corrected chi connectivity index (χ2v) is 4.34. The lowest BCUT2D eigenvalue weighted by Crippen LogP contribution is -2.08. The third kappa shape index (κ3) is 1.74. The van der Waals surface area contributed by atoms with Gasteiger partial charge in [0.25, 0.3) is 0 Å². The minimum Gasteiger partial charge on any atom is -0.465 e. The van der Waals surface area contributed by atoms with E-state index in [9.17, 15) is 4.79 Å². The molecule has 0 radical (unpaired) electrons. The van der Waals surface area contributed by atoms with E-state index < -0.39 is 0 Å². The first kappa shape index (κ1) is 11.2. The first-order chi connectivity index (χ1) is 8.79. The second kappa shape index (κ2) is 4.38. The highest BCUT2D eigenvalue weighted by atomic mass is 16.5. The largest absolute Gasteiger partial charge is 0.465 e. The van der Waals surface area contributed by atoms with E-state index in [0.717, 1.165) is 25.3 Å². The van der Waals surface area contributed by atoms with E-state index in [4.69, 9.17) is 4.74 Å². The minimum absolute atomic E-state index is 0.329. The Kier molecular flexibility index (Phi) is 2.71. The van der Waals surface area contributed by atoms with Crippen molar-refractivity contribution in [1.29, 1.82) is 0 Å². The molecule has 1 atom stereocenters. The molecule has 0 amide bonds. The summed E-state index contributed by atoms with van der Waals surface area (Å²) in [5.74, 6) is 0.732. The monoisotopic (exact) mass is 246 g/mol. The Morgan fingerprint density at radius 3 is 3.22 bits per heavy atom. The van der Waals surface area contributed by atoms with E-state index >= 15 is 0 Å². The molecule has 0 bridgehead atoms. The summed E-state index contributed by atoms with van der Waals surface area (Å²) >= 11 is 0. The smallest absolute Gasteiger partial charge is 0.341 e. The number of nitrogens with zero attached hydrogens (tertiary/aromatic N) is 3. The van der Waals surface area contributed by atoms with Gasteiger partial charge in [0.2, 0.25) is 0 Å². The van der Waals surface area contributed by atoms with Gasteiger partial charge in [-0.1, -0.05) is 0 Å². The molecule has 1 aliphatic rings. The Labute approximate surface area is 104 Å². The molecule has 1 N–H and O–H groups in total. The summed E-state index contributed by atoms with van der Waals surface area (Å²) in [7, 11) is 1.37.